The molecule has 2 unspecified atom stereocenters. The summed E-state index contributed by atoms with van der Waals surface area (Å²) in [5.74, 6) is 0. The summed E-state index contributed by atoms with van der Waals surface area (Å²) in [7, 11) is 0. The summed E-state index contributed by atoms with van der Waals surface area (Å²) in [5.41, 5.74) is 1.33. The molecule has 2 atom stereocenters. The van der Waals surface area contributed by atoms with Crippen LogP contribution in [-0.2, 0) is 0 Å². The van der Waals surface area contributed by atoms with Crippen molar-refractivity contribution >= 4 is 27.3 Å². The molecule has 0 saturated carbocycles. The van der Waals surface area contributed by atoms with Gasteiger partial charge in [-0.25, -0.2) is 0 Å². The van der Waals surface area contributed by atoms with Crippen molar-refractivity contribution in [1.82, 2.24) is 5.32 Å². The lowest BCUT2D eigenvalue weighted by Gasteiger charge is -2.19. The van der Waals surface area contributed by atoms with Crippen LogP contribution in [0.15, 0.2) is 46.3 Å². The Hall–Kier alpha value is -0.640. The number of halogens is 1. The molecule has 3 heteroatoms. The van der Waals surface area contributed by atoms with Crippen molar-refractivity contribution in [2.24, 2.45) is 0 Å². The highest BCUT2D eigenvalue weighted by molar-refractivity contribution is 9.10. The smallest absolute Gasteiger partial charge is 0.0391 e. The zero-order valence-corrected chi connectivity index (χ0v) is 12.4. The monoisotopic (exact) mass is 309 g/mol. The number of hydrogen-bond donors (Lipinski definition) is 1. The Morgan fingerprint density at radius 1 is 1.12 bits per heavy atom. The maximum atomic E-state index is 3.62. The van der Waals surface area contributed by atoms with Gasteiger partial charge in [-0.05, 0) is 41.4 Å². The molecule has 0 fully saturated rings. The van der Waals surface area contributed by atoms with E-state index < -0.39 is 0 Å². The lowest BCUT2D eigenvalue weighted by Crippen LogP contribution is -2.21. The average molecular weight is 310 g/mol. The summed E-state index contributed by atoms with van der Waals surface area (Å²) < 4.78 is 1.17. The van der Waals surface area contributed by atoms with Crippen LogP contribution < -0.4 is 5.32 Å². The fraction of sp³-hybridized carbons (Fsp3) is 0.286. The Kier molecular flexibility index (Phi) is 4.37. The van der Waals surface area contributed by atoms with Gasteiger partial charge in [0.25, 0.3) is 0 Å². The average Bonchev–Trinajstić information content (AvgIpc) is 2.77. The third-order valence-electron chi connectivity index (χ3n) is 2.81. The van der Waals surface area contributed by atoms with Crippen LogP contribution in [0, 0.1) is 0 Å². The fourth-order valence-corrected chi connectivity index (χ4v) is 3.31. The van der Waals surface area contributed by atoms with Gasteiger partial charge in [-0.3, -0.25) is 0 Å². The molecule has 1 aromatic heterocycles. The molecule has 1 aromatic carbocycles. The van der Waals surface area contributed by atoms with Crippen LogP contribution >= 0.6 is 27.3 Å². The molecule has 0 amide bonds. The molecule has 0 bridgehead atoms. The van der Waals surface area contributed by atoms with Gasteiger partial charge in [-0.1, -0.05) is 30.3 Å². The molecule has 0 radical (unpaired) electrons. The number of thiophene rings is 1. The molecular weight excluding hydrogens is 294 g/mol. The molecule has 17 heavy (non-hydrogen) atoms. The van der Waals surface area contributed by atoms with E-state index in [1.54, 1.807) is 11.3 Å². The van der Waals surface area contributed by atoms with Crippen LogP contribution in [0.1, 0.15) is 36.4 Å². The molecule has 0 spiro atoms. The molecule has 1 heterocycles. The van der Waals surface area contributed by atoms with E-state index >= 15 is 0 Å². The van der Waals surface area contributed by atoms with E-state index in [0.717, 1.165) is 0 Å². The van der Waals surface area contributed by atoms with E-state index in [1.807, 2.05) is 0 Å². The first-order chi connectivity index (χ1) is 8.16. The standard InChI is InChI=1S/C14H16BrNS/c1-10(12-6-4-3-5-7-12)16-11(2)14-8-13(15)9-17-14/h3-11,16H,1-2H3. The minimum absolute atomic E-state index is 0.368. The van der Waals surface area contributed by atoms with Gasteiger partial charge in [0.15, 0.2) is 0 Å². The third-order valence-corrected chi connectivity index (χ3v) is 4.69. The normalized spacial score (nSPS) is 14.5. The van der Waals surface area contributed by atoms with Crippen molar-refractivity contribution < 1.29 is 0 Å². The van der Waals surface area contributed by atoms with E-state index in [1.165, 1.54) is 14.9 Å². The lowest BCUT2D eigenvalue weighted by atomic mass is 10.1. The first kappa shape index (κ1) is 12.8. The van der Waals surface area contributed by atoms with E-state index in [0.29, 0.717) is 12.1 Å². The first-order valence-electron chi connectivity index (χ1n) is 5.71. The van der Waals surface area contributed by atoms with Crippen LogP contribution in [0.2, 0.25) is 0 Å². The number of rotatable bonds is 4. The summed E-state index contributed by atoms with van der Waals surface area (Å²) in [4.78, 5) is 1.36. The molecule has 0 saturated heterocycles. The van der Waals surface area contributed by atoms with Crippen molar-refractivity contribution in [2.75, 3.05) is 0 Å². The minimum Gasteiger partial charge on any atom is -0.303 e. The zero-order chi connectivity index (χ0) is 12.3. The predicted molar refractivity (Wildman–Crippen MR) is 78.4 cm³/mol. The van der Waals surface area contributed by atoms with Gasteiger partial charge >= 0.3 is 0 Å². The third kappa shape index (κ3) is 3.41. The Labute approximate surface area is 115 Å². The van der Waals surface area contributed by atoms with Gasteiger partial charge in [0.05, 0.1) is 0 Å². The Balaban J connectivity index is 2.02. The largest absolute Gasteiger partial charge is 0.303 e. The first-order valence-corrected chi connectivity index (χ1v) is 7.39. The molecule has 0 aliphatic heterocycles. The van der Waals surface area contributed by atoms with Crippen LogP contribution in [0.3, 0.4) is 0 Å². The van der Waals surface area contributed by atoms with Crippen molar-refractivity contribution in [1.29, 1.82) is 0 Å². The predicted octanol–water partition coefficient (Wildman–Crippen LogP) is 4.92. The molecule has 0 aliphatic carbocycles. The Morgan fingerprint density at radius 2 is 1.82 bits per heavy atom. The summed E-state index contributed by atoms with van der Waals surface area (Å²) >= 11 is 5.28. The summed E-state index contributed by atoms with van der Waals surface area (Å²) in [5, 5.41) is 5.74. The Morgan fingerprint density at radius 3 is 2.41 bits per heavy atom. The summed E-state index contributed by atoms with van der Waals surface area (Å²) in [6.07, 6.45) is 0. The summed E-state index contributed by atoms with van der Waals surface area (Å²) in [6.45, 7) is 4.41. The van der Waals surface area contributed by atoms with Crippen molar-refractivity contribution in [3.8, 4) is 0 Å². The van der Waals surface area contributed by atoms with Crippen molar-refractivity contribution in [3.63, 3.8) is 0 Å². The molecule has 2 aromatic rings. The van der Waals surface area contributed by atoms with E-state index in [-0.39, 0.29) is 0 Å². The molecule has 2 rings (SSSR count). The number of nitrogens with one attached hydrogen (secondary N) is 1. The van der Waals surface area contributed by atoms with Crippen LogP contribution in [0.25, 0.3) is 0 Å². The summed E-state index contributed by atoms with van der Waals surface area (Å²) in [6, 6.07) is 13.5. The topological polar surface area (TPSA) is 12.0 Å². The van der Waals surface area contributed by atoms with Gasteiger partial charge < -0.3 is 5.32 Å². The SMILES string of the molecule is CC(NC(C)c1cc(Br)cs1)c1ccccc1. The Bertz CT molecular complexity index is 466. The van der Waals surface area contributed by atoms with Gasteiger partial charge in [0.2, 0.25) is 0 Å². The maximum Gasteiger partial charge on any atom is 0.0391 e. The lowest BCUT2D eigenvalue weighted by molar-refractivity contribution is 0.500. The second-order valence-electron chi connectivity index (χ2n) is 4.19. The molecule has 1 N–H and O–H groups in total. The highest BCUT2D eigenvalue weighted by Gasteiger charge is 2.12. The molecule has 0 aliphatic rings. The second-order valence-corrected chi connectivity index (χ2v) is 6.05. The number of hydrogen-bond acceptors (Lipinski definition) is 2. The highest BCUT2D eigenvalue weighted by atomic mass is 79.9. The van der Waals surface area contributed by atoms with Crippen LogP contribution in [-0.4, -0.2) is 0 Å². The van der Waals surface area contributed by atoms with E-state index in [4.69, 9.17) is 0 Å². The van der Waals surface area contributed by atoms with Gasteiger partial charge in [0, 0.05) is 26.8 Å². The molecular formula is C14H16BrNS. The van der Waals surface area contributed by atoms with Gasteiger partial charge in [-0.2, -0.15) is 0 Å². The zero-order valence-electron chi connectivity index (χ0n) is 9.98. The van der Waals surface area contributed by atoms with Crippen molar-refractivity contribution in [3.05, 3.63) is 56.7 Å². The molecule has 1 nitrogen and oxygen atoms in total. The van der Waals surface area contributed by atoms with E-state index in [9.17, 15) is 0 Å². The highest BCUT2D eigenvalue weighted by Crippen LogP contribution is 2.27. The fourth-order valence-electron chi connectivity index (χ4n) is 1.85. The van der Waals surface area contributed by atoms with Gasteiger partial charge in [0.1, 0.15) is 0 Å². The second kappa shape index (κ2) is 5.80. The minimum atomic E-state index is 0.368. The maximum absolute atomic E-state index is 3.62. The van der Waals surface area contributed by atoms with Crippen LogP contribution in [0.5, 0.6) is 0 Å². The quantitative estimate of drug-likeness (QED) is 0.845. The van der Waals surface area contributed by atoms with E-state index in [2.05, 4.69) is 76.9 Å². The van der Waals surface area contributed by atoms with Gasteiger partial charge in [-0.15, -0.1) is 11.3 Å². The van der Waals surface area contributed by atoms with Crippen LogP contribution in [0.4, 0.5) is 0 Å². The molecule has 90 valence electrons. The van der Waals surface area contributed by atoms with Crippen molar-refractivity contribution in [2.45, 2.75) is 25.9 Å². The number of benzene rings is 1.